The number of aliphatic hydroxyl groups excluding tert-OH is 1. The van der Waals surface area contributed by atoms with Gasteiger partial charge in [0.15, 0.2) is 0 Å². The molecule has 94 valence electrons. The van der Waals surface area contributed by atoms with Crippen molar-refractivity contribution >= 4 is 0 Å². The summed E-state index contributed by atoms with van der Waals surface area (Å²) in [5.74, 6) is 0. The van der Waals surface area contributed by atoms with Gasteiger partial charge in [0.05, 0.1) is 6.61 Å². The summed E-state index contributed by atoms with van der Waals surface area (Å²) in [6.45, 7) is 8.27. The SMILES string of the molecule is CN1CCN(CCN(CCO)C2CC2)CC1. The zero-order valence-electron chi connectivity index (χ0n) is 10.4. The van der Waals surface area contributed by atoms with E-state index in [1.807, 2.05) is 0 Å². The summed E-state index contributed by atoms with van der Waals surface area (Å²) in [6, 6.07) is 0.777. The van der Waals surface area contributed by atoms with Crippen LogP contribution >= 0.6 is 0 Å². The monoisotopic (exact) mass is 227 g/mol. The molecule has 0 aromatic rings. The summed E-state index contributed by atoms with van der Waals surface area (Å²) < 4.78 is 0. The molecule has 0 unspecified atom stereocenters. The lowest BCUT2D eigenvalue weighted by atomic mass is 10.3. The number of nitrogens with zero attached hydrogens (tertiary/aromatic N) is 3. The lowest BCUT2D eigenvalue weighted by molar-refractivity contribution is 0.123. The molecule has 0 atom stereocenters. The van der Waals surface area contributed by atoms with Crippen LogP contribution in [0.3, 0.4) is 0 Å². The molecule has 1 aliphatic carbocycles. The molecule has 0 aromatic heterocycles. The lowest BCUT2D eigenvalue weighted by Gasteiger charge is -2.33. The third kappa shape index (κ3) is 3.70. The van der Waals surface area contributed by atoms with Gasteiger partial charge in [-0.25, -0.2) is 0 Å². The highest BCUT2D eigenvalue weighted by Gasteiger charge is 2.28. The largest absolute Gasteiger partial charge is 0.395 e. The van der Waals surface area contributed by atoms with Gasteiger partial charge in [0.25, 0.3) is 0 Å². The van der Waals surface area contributed by atoms with E-state index >= 15 is 0 Å². The Labute approximate surface area is 98.8 Å². The lowest BCUT2D eigenvalue weighted by Crippen LogP contribution is -2.47. The van der Waals surface area contributed by atoms with Crippen LogP contribution in [0.2, 0.25) is 0 Å². The summed E-state index contributed by atoms with van der Waals surface area (Å²) in [4.78, 5) is 7.40. The average molecular weight is 227 g/mol. The maximum absolute atomic E-state index is 9.02. The normalized spacial score (nSPS) is 24.2. The molecule has 0 amide bonds. The Morgan fingerprint density at radius 3 is 2.38 bits per heavy atom. The fourth-order valence-electron chi connectivity index (χ4n) is 2.39. The van der Waals surface area contributed by atoms with Crippen LogP contribution in [0.1, 0.15) is 12.8 Å². The highest BCUT2D eigenvalue weighted by atomic mass is 16.3. The number of hydrogen-bond donors (Lipinski definition) is 1. The predicted molar refractivity (Wildman–Crippen MR) is 65.6 cm³/mol. The van der Waals surface area contributed by atoms with Gasteiger partial charge in [0.1, 0.15) is 0 Å². The van der Waals surface area contributed by atoms with Gasteiger partial charge >= 0.3 is 0 Å². The molecule has 0 bridgehead atoms. The molecule has 0 radical (unpaired) electrons. The highest BCUT2D eigenvalue weighted by Crippen LogP contribution is 2.26. The average Bonchev–Trinajstić information content (AvgIpc) is 3.10. The molecule has 1 saturated carbocycles. The molecule has 0 spiro atoms. The molecule has 1 heterocycles. The fraction of sp³-hybridized carbons (Fsp3) is 1.00. The van der Waals surface area contributed by atoms with E-state index in [-0.39, 0.29) is 0 Å². The maximum atomic E-state index is 9.02. The van der Waals surface area contributed by atoms with Crippen molar-refractivity contribution in [1.82, 2.24) is 14.7 Å². The van der Waals surface area contributed by atoms with Crippen LogP contribution in [-0.2, 0) is 0 Å². The topological polar surface area (TPSA) is 30.0 Å². The molecule has 4 nitrogen and oxygen atoms in total. The Bertz CT molecular complexity index is 200. The van der Waals surface area contributed by atoms with Gasteiger partial charge in [-0.1, -0.05) is 0 Å². The Hall–Kier alpha value is -0.160. The van der Waals surface area contributed by atoms with Crippen LogP contribution < -0.4 is 0 Å². The molecule has 1 saturated heterocycles. The van der Waals surface area contributed by atoms with Gasteiger partial charge in [0.2, 0.25) is 0 Å². The van der Waals surface area contributed by atoms with Gasteiger partial charge < -0.3 is 10.0 Å². The van der Waals surface area contributed by atoms with E-state index in [1.165, 1.54) is 45.6 Å². The van der Waals surface area contributed by atoms with Crippen molar-refractivity contribution in [2.45, 2.75) is 18.9 Å². The number of aliphatic hydroxyl groups is 1. The summed E-state index contributed by atoms with van der Waals surface area (Å²) >= 11 is 0. The van der Waals surface area contributed by atoms with Crippen LogP contribution in [0.15, 0.2) is 0 Å². The Morgan fingerprint density at radius 1 is 1.12 bits per heavy atom. The van der Waals surface area contributed by atoms with Gasteiger partial charge in [-0.05, 0) is 19.9 Å². The van der Waals surface area contributed by atoms with Gasteiger partial charge in [-0.3, -0.25) is 9.80 Å². The van der Waals surface area contributed by atoms with Crippen molar-refractivity contribution in [2.24, 2.45) is 0 Å². The first kappa shape index (κ1) is 12.3. The number of rotatable bonds is 6. The van der Waals surface area contributed by atoms with E-state index in [2.05, 4.69) is 21.7 Å². The first-order valence-electron chi connectivity index (χ1n) is 6.55. The minimum Gasteiger partial charge on any atom is -0.395 e. The van der Waals surface area contributed by atoms with Crippen LogP contribution in [-0.4, -0.2) is 85.3 Å². The molecular formula is C12H25N3O. The Kier molecular flexibility index (Phi) is 4.58. The van der Waals surface area contributed by atoms with Gasteiger partial charge in [-0.15, -0.1) is 0 Å². The summed E-state index contributed by atoms with van der Waals surface area (Å²) in [5.41, 5.74) is 0. The summed E-state index contributed by atoms with van der Waals surface area (Å²) in [7, 11) is 2.19. The van der Waals surface area contributed by atoms with Crippen molar-refractivity contribution < 1.29 is 5.11 Å². The molecule has 4 heteroatoms. The second-order valence-corrected chi connectivity index (χ2v) is 5.14. The van der Waals surface area contributed by atoms with Crippen LogP contribution in [0, 0.1) is 0 Å². The first-order valence-corrected chi connectivity index (χ1v) is 6.55. The molecule has 0 aromatic carbocycles. The third-order valence-corrected chi connectivity index (χ3v) is 3.75. The number of piperazine rings is 1. The minimum absolute atomic E-state index is 0.305. The summed E-state index contributed by atoms with van der Waals surface area (Å²) in [6.07, 6.45) is 2.67. The molecule has 2 fully saturated rings. The van der Waals surface area contributed by atoms with Crippen LogP contribution in [0.5, 0.6) is 0 Å². The Balaban J connectivity index is 1.65. The highest BCUT2D eigenvalue weighted by molar-refractivity contribution is 4.85. The van der Waals surface area contributed by atoms with Gasteiger partial charge in [0, 0.05) is 51.9 Å². The number of hydrogen-bond acceptors (Lipinski definition) is 4. The van der Waals surface area contributed by atoms with Crippen LogP contribution in [0.4, 0.5) is 0 Å². The molecule has 16 heavy (non-hydrogen) atoms. The van der Waals surface area contributed by atoms with Gasteiger partial charge in [-0.2, -0.15) is 0 Å². The molecule has 2 rings (SSSR count). The second-order valence-electron chi connectivity index (χ2n) is 5.14. The smallest absolute Gasteiger partial charge is 0.0558 e. The van der Waals surface area contributed by atoms with Crippen molar-refractivity contribution in [1.29, 1.82) is 0 Å². The quantitative estimate of drug-likeness (QED) is 0.674. The second kappa shape index (κ2) is 5.96. The van der Waals surface area contributed by atoms with Crippen molar-refractivity contribution in [3.8, 4) is 0 Å². The minimum atomic E-state index is 0.305. The zero-order chi connectivity index (χ0) is 11.4. The third-order valence-electron chi connectivity index (χ3n) is 3.75. The van der Waals surface area contributed by atoms with E-state index in [4.69, 9.17) is 5.11 Å². The molecule has 1 aliphatic heterocycles. The predicted octanol–water partition coefficient (Wildman–Crippen LogP) is -0.309. The molecule has 1 N–H and O–H groups in total. The zero-order valence-corrected chi connectivity index (χ0v) is 10.4. The van der Waals surface area contributed by atoms with Crippen molar-refractivity contribution in [3.05, 3.63) is 0 Å². The van der Waals surface area contributed by atoms with Crippen molar-refractivity contribution in [2.75, 3.05) is 59.5 Å². The van der Waals surface area contributed by atoms with E-state index in [0.29, 0.717) is 6.61 Å². The van der Waals surface area contributed by atoms with E-state index < -0.39 is 0 Å². The molecule has 2 aliphatic rings. The fourth-order valence-corrected chi connectivity index (χ4v) is 2.39. The van der Waals surface area contributed by atoms with E-state index in [9.17, 15) is 0 Å². The number of likely N-dealkylation sites (N-methyl/N-ethyl adjacent to an activating group) is 1. The first-order chi connectivity index (χ1) is 7.79. The van der Waals surface area contributed by atoms with E-state index in [1.54, 1.807) is 0 Å². The standard InChI is InChI=1S/C12H25N3O/c1-13-4-6-14(7-5-13)8-9-15(10-11-16)12-2-3-12/h12,16H,2-11H2,1H3. The molecular weight excluding hydrogens is 202 g/mol. The van der Waals surface area contributed by atoms with Crippen molar-refractivity contribution in [3.63, 3.8) is 0 Å². The maximum Gasteiger partial charge on any atom is 0.0558 e. The van der Waals surface area contributed by atoms with Crippen LogP contribution in [0.25, 0.3) is 0 Å². The Morgan fingerprint density at radius 2 is 1.81 bits per heavy atom. The summed E-state index contributed by atoms with van der Waals surface area (Å²) in [5, 5.41) is 9.02. The van der Waals surface area contributed by atoms with E-state index in [0.717, 1.165) is 19.1 Å².